The molecule has 1 fully saturated rings. The lowest BCUT2D eigenvalue weighted by atomic mass is 9.82. The van der Waals surface area contributed by atoms with E-state index in [2.05, 4.69) is 20.8 Å². The zero-order valence-electron chi connectivity index (χ0n) is 14.1. The quantitative estimate of drug-likeness (QED) is 0.768. The van der Waals surface area contributed by atoms with E-state index in [1.807, 2.05) is 0 Å². The van der Waals surface area contributed by atoms with Gasteiger partial charge in [0.1, 0.15) is 0 Å². The number of hydrogen-bond donors (Lipinski definition) is 2. The molecular formula is C13H20F3N5O4S. The Morgan fingerprint density at radius 3 is 2.58 bits per heavy atom. The molecule has 26 heavy (non-hydrogen) atoms. The summed E-state index contributed by atoms with van der Waals surface area (Å²) in [5.74, 6) is -2.25. The molecule has 1 aliphatic carbocycles. The average molecular weight is 399 g/mol. The van der Waals surface area contributed by atoms with E-state index >= 15 is 0 Å². The van der Waals surface area contributed by atoms with Crippen LogP contribution in [-0.2, 0) is 16.0 Å². The fourth-order valence-electron chi connectivity index (χ4n) is 3.11. The first-order chi connectivity index (χ1) is 11.9. The van der Waals surface area contributed by atoms with Crippen molar-refractivity contribution < 1.29 is 31.5 Å². The van der Waals surface area contributed by atoms with Crippen LogP contribution in [0.1, 0.15) is 45.0 Å². The third-order valence-electron chi connectivity index (χ3n) is 4.52. The van der Waals surface area contributed by atoms with Gasteiger partial charge in [-0.15, -0.1) is 5.10 Å². The fraction of sp³-hybridized carbons (Fsp3) is 0.846. The first-order valence-corrected chi connectivity index (χ1v) is 9.69. The summed E-state index contributed by atoms with van der Waals surface area (Å²) >= 11 is 0. The van der Waals surface area contributed by atoms with Crippen LogP contribution in [0.5, 0.6) is 0 Å². The predicted molar refractivity (Wildman–Crippen MR) is 83.1 cm³/mol. The van der Waals surface area contributed by atoms with Crippen molar-refractivity contribution in [2.24, 2.45) is 5.92 Å². The molecule has 0 aromatic carbocycles. The van der Waals surface area contributed by atoms with E-state index in [9.17, 15) is 26.4 Å². The Labute approximate surface area is 147 Å². The molecule has 148 valence electrons. The number of tetrazole rings is 1. The normalized spacial score (nSPS) is 24.6. The molecule has 1 saturated carbocycles. The number of amides is 1. The van der Waals surface area contributed by atoms with E-state index in [0.29, 0.717) is 4.68 Å². The Kier molecular flexibility index (Phi) is 5.78. The Morgan fingerprint density at radius 2 is 2.04 bits per heavy atom. The molecule has 1 aromatic rings. The monoisotopic (exact) mass is 399 g/mol. The summed E-state index contributed by atoms with van der Waals surface area (Å²) < 4.78 is 64.2. The minimum Gasteiger partial charge on any atom is -0.465 e. The Bertz CT molecular complexity index is 749. The number of sulfone groups is 1. The predicted octanol–water partition coefficient (Wildman–Crippen LogP) is 1.49. The molecule has 3 atom stereocenters. The molecule has 2 rings (SSSR count). The van der Waals surface area contributed by atoms with Crippen LogP contribution < -0.4 is 5.32 Å². The van der Waals surface area contributed by atoms with Crippen LogP contribution in [0.2, 0.25) is 0 Å². The summed E-state index contributed by atoms with van der Waals surface area (Å²) in [4.78, 5) is 11.0. The van der Waals surface area contributed by atoms with Gasteiger partial charge in [-0.25, -0.2) is 17.9 Å². The summed E-state index contributed by atoms with van der Waals surface area (Å²) in [6.45, 7) is 3.00. The van der Waals surface area contributed by atoms with Crippen LogP contribution in [0, 0.1) is 5.92 Å². The number of halogens is 3. The van der Waals surface area contributed by atoms with Crippen molar-refractivity contribution in [3.05, 3.63) is 5.82 Å². The van der Waals surface area contributed by atoms with E-state index < -0.39 is 51.2 Å². The number of alkyl halides is 3. The second-order valence-electron chi connectivity index (χ2n) is 6.61. The summed E-state index contributed by atoms with van der Waals surface area (Å²) in [6.07, 6.45) is -5.65. The Balaban J connectivity index is 2.27. The highest BCUT2D eigenvalue weighted by Gasteiger charge is 2.42. The van der Waals surface area contributed by atoms with Gasteiger partial charge >= 0.3 is 12.3 Å². The zero-order valence-corrected chi connectivity index (χ0v) is 15.0. The number of carboxylic acid groups (broad SMARTS) is 1. The molecule has 1 heterocycles. The van der Waals surface area contributed by atoms with Crippen molar-refractivity contribution in [1.29, 1.82) is 0 Å². The molecule has 0 radical (unpaired) electrons. The SMILES string of the molecule is CC(C)S(=O)(=O)C[C@@H]1C[C@H](n2nnnc2C(F)(F)F)CC[C@@H]1NC(=O)O. The van der Waals surface area contributed by atoms with Gasteiger partial charge in [0, 0.05) is 6.04 Å². The van der Waals surface area contributed by atoms with Crippen molar-refractivity contribution in [2.75, 3.05) is 5.75 Å². The van der Waals surface area contributed by atoms with Gasteiger partial charge in [0.15, 0.2) is 9.84 Å². The lowest BCUT2D eigenvalue weighted by Crippen LogP contribution is -2.46. The molecule has 0 saturated heterocycles. The van der Waals surface area contributed by atoms with Crippen LogP contribution in [0.15, 0.2) is 0 Å². The molecule has 1 aliphatic rings. The fourth-order valence-corrected chi connectivity index (χ4v) is 4.46. The molecule has 0 unspecified atom stereocenters. The van der Waals surface area contributed by atoms with Crippen LogP contribution in [0.4, 0.5) is 18.0 Å². The van der Waals surface area contributed by atoms with Gasteiger partial charge in [0.25, 0.3) is 5.82 Å². The van der Waals surface area contributed by atoms with Crippen LogP contribution in [0.3, 0.4) is 0 Å². The van der Waals surface area contributed by atoms with E-state index in [1.165, 1.54) is 13.8 Å². The van der Waals surface area contributed by atoms with E-state index in [1.54, 1.807) is 0 Å². The molecular weight excluding hydrogens is 379 g/mol. The van der Waals surface area contributed by atoms with E-state index in [-0.39, 0.29) is 25.0 Å². The van der Waals surface area contributed by atoms with Crippen molar-refractivity contribution in [1.82, 2.24) is 25.5 Å². The maximum absolute atomic E-state index is 13.0. The van der Waals surface area contributed by atoms with Crippen LogP contribution in [0.25, 0.3) is 0 Å². The summed E-state index contributed by atoms with van der Waals surface area (Å²) in [6, 6.07) is -1.43. The number of carbonyl (C=O) groups is 1. The molecule has 13 heteroatoms. The number of nitrogens with zero attached hydrogens (tertiary/aromatic N) is 4. The first kappa shape index (κ1) is 20.4. The summed E-state index contributed by atoms with van der Waals surface area (Å²) in [5.41, 5.74) is 0. The van der Waals surface area contributed by atoms with Gasteiger partial charge in [-0.05, 0) is 49.5 Å². The molecule has 9 nitrogen and oxygen atoms in total. The molecule has 0 spiro atoms. The van der Waals surface area contributed by atoms with Gasteiger partial charge in [-0.3, -0.25) is 0 Å². The molecule has 0 bridgehead atoms. The topological polar surface area (TPSA) is 127 Å². The maximum atomic E-state index is 13.0. The highest BCUT2D eigenvalue weighted by Crippen LogP contribution is 2.37. The second kappa shape index (κ2) is 7.37. The molecule has 2 N–H and O–H groups in total. The summed E-state index contributed by atoms with van der Waals surface area (Å²) in [7, 11) is -3.51. The van der Waals surface area contributed by atoms with Gasteiger partial charge in [-0.1, -0.05) is 0 Å². The number of hydrogen-bond acceptors (Lipinski definition) is 6. The average Bonchev–Trinajstić information content (AvgIpc) is 2.97. The lowest BCUT2D eigenvalue weighted by molar-refractivity contribution is -0.149. The lowest BCUT2D eigenvalue weighted by Gasteiger charge is -2.36. The van der Waals surface area contributed by atoms with Gasteiger partial charge < -0.3 is 10.4 Å². The standard InChI is InChI=1S/C13H20F3N5O4S/c1-7(2)26(24,25)6-8-5-9(3-4-10(8)17-12(22)23)21-11(13(14,15)16)18-19-20-21/h7-10,17H,3-6H2,1-2H3,(H,22,23)/t8-,9+,10-/m0/s1. The second-order valence-corrected chi connectivity index (χ2v) is 9.21. The molecule has 1 amide bonds. The maximum Gasteiger partial charge on any atom is 0.453 e. The smallest absolute Gasteiger partial charge is 0.453 e. The number of rotatable bonds is 5. The van der Waals surface area contributed by atoms with Crippen molar-refractivity contribution in [2.45, 2.75) is 56.6 Å². The van der Waals surface area contributed by atoms with Crippen LogP contribution in [-0.4, -0.2) is 56.9 Å². The van der Waals surface area contributed by atoms with Gasteiger partial charge in [-0.2, -0.15) is 13.2 Å². The highest BCUT2D eigenvalue weighted by molar-refractivity contribution is 7.91. The van der Waals surface area contributed by atoms with Crippen molar-refractivity contribution in [3.8, 4) is 0 Å². The van der Waals surface area contributed by atoms with Crippen LogP contribution >= 0.6 is 0 Å². The highest BCUT2D eigenvalue weighted by atomic mass is 32.2. The number of aromatic nitrogens is 4. The van der Waals surface area contributed by atoms with Crippen molar-refractivity contribution in [3.63, 3.8) is 0 Å². The first-order valence-electron chi connectivity index (χ1n) is 7.98. The van der Waals surface area contributed by atoms with Crippen molar-refractivity contribution >= 4 is 15.9 Å². The largest absolute Gasteiger partial charge is 0.465 e. The van der Waals surface area contributed by atoms with E-state index in [4.69, 9.17) is 5.11 Å². The minimum absolute atomic E-state index is 0.0189. The van der Waals surface area contributed by atoms with E-state index in [0.717, 1.165) is 0 Å². The number of nitrogens with one attached hydrogen (secondary N) is 1. The Hall–Kier alpha value is -1.92. The third kappa shape index (κ3) is 4.62. The zero-order chi connectivity index (χ0) is 19.7. The Morgan fingerprint density at radius 1 is 1.38 bits per heavy atom. The summed E-state index contributed by atoms with van der Waals surface area (Å²) in [5, 5.41) is 20.0. The molecule has 1 aromatic heterocycles. The third-order valence-corrected chi connectivity index (χ3v) is 6.85. The molecule has 0 aliphatic heterocycles. The van der Waals surface area contributed by atoms with Gasteiger partial charge in [0.05, 0.1) is 17.0 Å². The van der Waals surface area contributed by atoms with Gasteiger partial charge in [0.2, 0.25) is 0 Å². The minimum atomic E-state index is -4.74.